The number of rotatable bonds is 4. The van der Waals surface area contributed by atoms with Gasteiger partial charge in [0.05, 0.1) is 16.5 Å². The summed E-state index contributed by atoms with van der Waals surface area (Å²) in [5.41, 5.74) is 2.81. The number of nitrogens with zero attached hydrogens (tertiary/aromatic N) is 1. The van der Waals surface area contributed by atoms with E-state index in [1.807, 2.05) is 18.2 Å². The van der Waals surface area contributed by atoms with Gasteiger partial charge in [0.1, 0.15) is 5.82 Å². The lowest BCUT2D eigenvalue weighted by molar-refractivity contribution is -0.151. The van der Waals surface area contributed by atoms with Crippen LogP contribution in [0.25, 0.3) is 0 Å². The third kappa shape index (κ3) is 3.91. The molecule has 6 aliphatic rings. The van der Waals surface area contributed by atoms with E-state index < -0.39 is 11.0 Å². The van der Waals surface area contributed by atoms with Gasteiger partial charge in [-0.15, -0.1) is 0 Å². The molecule has 3 aliphatic carbocycles. The van der Waals surface area contributed by atoms with Crippen LogP contribution in [0.3, 0.4) is 0 Å². The van der Waals surface area contributed by atoms with Crippen molar-refractivity contribution in [2.75, 3.05) is 19.6 Å². The Morgan fingerprint density at radius 2 is 1.67 bits per heavy atom. The maximum Gasteiger partial charge on any atom is 0.243 e. The van der Waals surface area contributed by atoms with E-state index in [1.165, 1.54) is 12.8 Å². The normalized spacial score (nSPS) is 28.6. The highest BCUT2D eigenvalue weighted by molar-refractivity contribution is 5.98. The predicted molar refractivity (Wildman–Crippen MR) is 149 cm³/mol. The molecule has 7 heteroatoms. The van der Waals surface area contributed by atoms with Gasteiger partial charge in [-0.2, -0.15) is 0 Å². The number of allylic oxidation sites excluding steroid dienone is 1. The van der Waals surface area contributed by atoms with Crippen molar-refractivity contribution >= 4 is 17.6 Å². The van der Waals surface area contributed by atoms with Crippen molar-refractivity contribution in [2.45, 2.75) is 94.5 Å². The van der Waals surface area contributed by atoms with Gasteiger partial charge in [0, 0.05) is 37.2 Å². The number of dihydropyridines is 1. The van der Waals surface area contributed by atoms with Gasteiger partial charge >= 0.3 is 0 Å². The van der Waals surface area contributed by atoms with Crippen molar-refractivity contribution in [2.24, 2.45) is 5.41 Å². The summed E-state index contributed by atoms with van der Waals surface area (Å²) >= 11 is 0. The van der Waals surface area contributed by atoms with Crippen LogP contribution < -0.4 is 16.0 Å². The van der Waals surface area contributed by atoms with E-state index in [-0.39, 0.29) is 23.1 Å². The maximum atomic E-state index is 14.0. The largest absolute Gasteiger partial charge is 0.368 e. The molecule has 3 heterocycles. The van der Waals surface area contributed by atoms with Crippen LogP contribution in [0.2, 0.25) is 0 Å². The van der Waals surface area contributed by atoms with Crippen molar-refractivity contribution in [3.8, 4) is 0 Å². The minimum atomic E-state index is -0.585. The number of amides is 2. The summed E-state index contributed by atoms with van der Waals surface area (Å²) in [6.07, 6.45) is 16.6. The van der Waals surface area contributed by atoms with Gasteiger partial charge in [-0.1, -0.05) is 62.8 Å². The fourth-order valence-electron chi connectivity index (χ4n) is 8.46. The van der Waals surface area contributed by atoms with Crippen LogP contribution in [0.15, 0.2) is 41.7 Å². The molecule has 3 aliphatic heterocycles. The van der Waals surface area contributed by atoms with Crippen LogP contribution in [0, 0.1) is 5.41 Å². The minimum Gasteiger partial charge on any atom is -0.368 e. The summed E-state index contributed by atoms with van der Waals surface area (Å²) in [6.45, 7) is 2.08. The van der Waals surface area contributed by atoms with Gasteiger partial charge in [-0.25, -0.2) is 0 Å². The number of ketones is 1. The highest BCUT2D eigenvalue weighted by Gasteiger charge is 2.54. The fourth-order valence-corrected chi connectivity index (χ4v) is 8.46. The Labute approximate surface area is 230 Å². The number of fused-ring (bicyclic) bond motifs is 2. The van der Waals surface area contributed by atoms with Gasteiger partial charge in [0.15, 0.2) is 5.78 Å². The van der Waals surface area contributed by atoms with Crippen molar-refractivity contribution in [1.82, 2.24) is 20.9 Å². The number of Topliss-reactive ketones (excluding diaryl/α,β-unsaturated/α-hetero) is 1. The first-order valence-electron chi connectivity index (χ1n) is 15.1. The van der Waals surface area contributed by atoms with Crippen LogP contribution in [0.4, 0.5) is 0 Å². The fraction of sp³-hybridized carbons (Fsp3) is 0.594. The van der Waals surface area contributed by atoms with Crippen molar-refractivity contribution in [1.29, 1.82) is 0 Å². The van der Waals surface area contributed by atoms with E-state index in [4.69, 9.17) is 0 Å². The molecule has 3 N–H and O–H groups in total. The quantitative estimate of drug-likeness (QED) is 0.519. The first kappa shape index (κ1) is 25.1. The lowest BCUT2D eigenvalue weighted by Gasteiger charge is -2.53. The number of hydrogen-bond donors (Lipinski definition) is 3. The molecule has 7 rings (SSSR count). The summed E-state index contributed by atoms with van der Waals surface area (Å²) < 4.78 is 0. The zero-order valence-corrected chi connectivity index (χ0v) is 22.9. The van der Waals surface area contributed by atoms with Crippen LogP contribution >= 0.6 is 0 Å². The molecule has 2 amide bonds. The number of benzene rings is 1. The Balaban J connectivity index is 1.10. The van der Waals surface area contributed by atoms with E-state index >= 15 is 0 Å². The molecule has 0 bridgehead atoms. The average Bonchev–Trinajstić information content (AvgIpc) is 3.59. The highest BCUT2D eigenvalue weighted by atomic mass is 16.2. The molecular weight excluding hydrogens is 488 g/mol. The molecule has 0 unspecified atom stereocenters. The summed E-state index contributed by atoms with van der Waals surface area (Å²) in [5, 5.41) is 10.1. The average molecular weight is 529 g/mol. The Morgan fingerprint density at radius 3 is 2.46 bits per heavy atom. The first-order valence-corrected chi connectivity index (χ1v) is 15.1. The summed E-state index contributed by atoms with van der Waals surface area (Å²) in [6, 6.07) is 5.98. The number of carbonyl (C=O) groups excluding carboxylic acids is 3. The van der Waals surface area contributed by atoms with Crippen molar-refractivity contribution in [3.63, 3.8) is 0 Å². The SMILES string of the molecule is O=C(CCN1C(=O)C2(CCCC2)NCC12CCCCCC2)c1ccc2c(c1)C[C@@]1(C2)C(=O)NC2=C1C=CCN2. The second-order valence-electron chi connectivity index (χ2n) is 12.9. The van der Waals surface area contributed by atoms with E-state index in [0.717, 1.165) is 87.0 Å². The van der Waals surface area contributed by atoms with Gasteiger partial charge in [0.2, 0.25) is 11.8 Å². The molecule has 0 aromatic heterocycles. The predicted octanol–water partition coefficient (Wildman–Crippen LogP) is 3.68. The highest BCUT2D eigenvalue weighted by Crippen LogP contribution is 2.48. The summed E-state index contributed by atoms with van der Waals surface area (Å²) in [7, 11) is 0. The van der Waals surface area contributed by atoms with Gasteiger partial charge < -0.3 is 20.9 Å². The number of carbonyl (C=O) groups is 3. The van der Waals surface area contributed by atoms with E-state index in [1.54, 1.807) is 0 Å². The van der Waals surface area contributed by atoms with Crippen LogP contribution in [-0.2, 0) is 22.4 Å². The molecule has 1 aromatic rings. The second kappa shape index (κ2) is 9.33. The van der Waals surface area contributed by atoms with Crippen molar-refractivity contribution in [3.05, 3.63) is 58.4 Å². The lowest BCUT2D eigenvalue weighted by atomic mass is 9.78. The van der Waals surface area contributed by atoms with E-state index in [2.05, 4.69) is 33.0 Å². The molecule has 3 fully saturated rings. The number of piperazine rings is 1. The van der Waals surface area contributed by atoms with Gasteiger partial charge in [-0.3, -0.25) is 14.4 Å². The smallest absolute Gasteiger partial charge is 0.243 e. The van der Waals surface area contributed by atoms with Gasteiger partial charge in [0.25, 0.3) is 0 Å². The molecular formula is C32H40N4O3. The molecule has 1 aromatic carbocycles. The third-order valence-corrected chi connectivity index (χ3v) is 10.7. The standard InChI is InChI=1S/C32H40N4O3/c37-26(11-17-36-29(39)32(14-5-6-15-32)34-21-30(36)12-3-1-2-4-13-30)22-9-10-23-19-31(20-24(23)18-22)25-8-7-16-33-27(25)35-28(31)38/h7-10,18,33-34H,1-6,11-17,19-21H2,(H,35,38)/t31-/m1/s1. The molecule has 2 saturated carbocycles. The van der Waals surface area contributed by atoms with Crippen LogP contribution in [0.1, 0.15) is 92.1 Å². The third-order valence-electron chi connectivity index (χ3n) is 10.7. The Bertz CT molecular complexity index is 1280. The summed E-state index contributed by atoms with van der Waals surface area (Å²) in [5.74, 6) is 1.20. The molecule has 3 spiro atoms. The molecule has 1 saturated heterocycles. The van der Waals surface area contributed by atoms with Crippen LogP contribution in [0.5, 0.6) is 0 Å². The Hall–Kier alpha value is -2.93. The first-order chi connectivity index (χ1) is 18.9. The molecule has 0 radical (unpaired) electrons. The topological polar surface area (TPSA) is 90.5 Å². The zero-order chi connectivity index (χ0) is 26.7. The second-order valence-corrected chi connectivity index (χ2v) is 12.9. The minimum absolute atomic E-state index is 0.0439. The lowest BCUT2D eigenvalue weighted by Crippen LogP contribution is -2.72. The monoisotopic (exact) mass is 528 g/mol. The maximum absolute atomic E-state index is 14.0. The Morgan fingerprint density at radius 1 is 0.923 bits per heavy atom. The number of hydrogen-bond acceptors (Lipinski definition) is 5. The summed E-state index contributed by atoms with van der Waals surface area (Å²) in [4.78, 5) is 42.9. The van der Waals surface area contributed by atoms with E-state index in [0.29, 0.717) is 31.4 Å². The van der Waals surface area contributed by atoms with Crippen molar-refractivity contribution < 1.29 is 14.4 Å². The van der Waals surface area contributed by atoms with Gasteiger partial charge in [-0.05, 0) is 55.7 Å². The van der Waals surface area contributed by atoms with Crippen LogP contribution in [-0.4, -0.2) is 53.2 Å². The van der Waals surface area contributed by atoms with E-state index in [9.17, 15) is 14.4 Å². The Kier molecular flexibility index (Phi) is 5.99. The molecule has 39 heavy (non-hydrogen) atoms. The molecule has 206 valence electrons. The molecule has 7 nitrogen and oxygen atoms in total. The zero-order valence-electron chi connectivity index (χ0n) is 22.9. The molecule has 1 atom stereocenters. The number of nitrogens with one attached hydrogen (secondary N) is 3.